The molecule has 2 aromatic carbocycles. The summed E-state index contributed by atoms with van der Waals surface area (Å²) in [5.41, 5.74) is 2.83. The summed E-state index contributed by atoms with van der Waals surface area (Å²) in [6.07, 6.45) is 0.275. The normalized spacial score (nSPS) is 12.9. The Kier molecular flexibility index (Phi) is 5.16. The van der Waals surface area contributed by atoms with Crippen LogP contribution >= 0.6 is 0 Å². The SMILES string of the molecule is CC(=O)c1ccc2c(c1)N(C(=O)CCC(=O)c1ccc(C)cc1)CCO2. The molecule has 0 aliphatic carbocycles. The maximum atomic E-state index is 12.7. The number of carbonyl (C=O) groups is 3. The second-order valence-corrected chi connectivity index (χ2v) is 6.42. The highest BCUT2D eigenvalue weighted by Gasteiger charge is 2.25. The molecule has 0 spiro atoms. The van der Waals surface area contributed by atoms with E-state index in [0.29, 0.717) is 35.7 Å². The first-order chi connectivity index (χ1) is 12.5. The predicted octanol–water partition coefficient (Wildman–Crippen LogP) is 3.59. The Morgan fingerprint density at radius 1 is 1.00 bits per heavy atom. The number of rotatable bonds is 5. The van der Waals surface area contributed by atoms with E-state index in [1.54, 1.807) is 35.2 Å². The Balaban J connectivity index is 1.71. The van der Waals surface area contributed by atoms with Gasteiger partial charge in [-0.05, 0) is 32.0 Å². The van der Waals surface area contributed by atoms with Crippen molar-refractivity contribution in [2.75, 3.05) is 18.1 Å². The van der Waals surface area contributed by atoms with Crippen LogP contribution in [-0.2, 0) is 4.79 Å². The molecule has 0 aromatic heterocycles. The Morgan fingerprint density at radius 2 is 1.69 bits per heavy atom. The fourth-order valence-corrected chi connectivity index (χ4v) is 2.93. The van der Waals surface area contributed by atoms with E-state index in [0.717, 1.165) is 5.56 Å². The summed E-state index contributed by atoms with van der Waals surface area (Å²) in [6.45, 7) is 4.25. The number of hydrogen-bond donors (Lipinski definition) is 0. The third kappa shape index (κ3) is 3.82. The first kappa shape index (κ1) is 17.9. The molecule has 0 atom stereocenters. The van der Waals surface area contributed by atoms with Crippen molar-refractivity contribution in [1.29, 1.82) is 0 Å². The summed E-state index contributed by atoms with van der Waals surface area (Å²) in [7, 11) is 0. The molecule has 0 N–H and O–H groups in total. The minimum atomic E-state index is -0.143. The molecule has 0 bridgehead atoms. The van der Waals surface area contributed by atoms with Gasteiger partial charge in [0.15, 0.2) is 11.6 Å². The molecule has 26 heavy (non-hydrogen) atoms. The lowest BCUT2D eigenvalue weighted by molar-refractivity contribution is -0.118. The number of ether oxygens (including phenoxy) is 1. The molecule has 0 unspecified atom stereocenters. The number of hydrogen-bond acceptors (Lipinski definition) is 4. The highest BCUT2D eigenvalue weighted by Crippen LogP contribution is 2.33. The average Bonchev–Trinajstić information content (AvgIpc) is 2.65. The molecule has 3 rings (SSSR count). The fraction of sp³-hybridized carbons (Fsp3) is 0.286. The Bertz CT molecular complexity index is 855. The van der Waals surface area contributed by atoms with E-state index in [1.807, 2.05) is 19.1 Å². The summed E-state index contributed by atoms with van der Waals surface area (Å²) in [5, 5.41) is 0. The number of benzene rings is 2. The number of fused-ring (bicyclic) bond motifs is 1. The van der Waals surface area contributed by atoms with Crippen molar-refractivity contribution in [1.82, 2.24) is 0 Å². The van der Waals surface area contributed by atoms with Crippen LogP contribution in [0, 0.1) is 6.92 Å². The lowest BCUT2D eigenvalue weighted by Gasteiger charge is -2.30. The smallest absolute Gasteiger partial charge is 0.227 e. The number of anilines is 1. The molecule has 5 heteroatoms. The van der Waals surface area contributed by atoms with Crippen molar-refractivity contribution < 1.29 is 19.1 Å². The average molecular weight is 351 g/mol. The van der Waals surface area contributed by atoms with Crippen LogP contribution in [0.2, 0.25) is 0 Å². The van der Waals surface area contributed by atoms with Gasteiger partial charge in [-0.2, -0.15) is 0 Å². The Labute approximate surface area is 152 Å². The van der Waals surface area contributed by atoms with E-state index >= 15 is 0 Å². The predicted molar refractivity (Wildman–Crippen MR) is 99.0 cm³/mol. The Morgan fingerprint density at radius 3 is 2.38 bits per heavy atom. The summed E-state index contributed by atoms with van der Waals surface area (Å²) >= 11 is 0. The van der Waals surface area contributed by atoms with Gasteiger partial charge < -0.3 is 9.64 Å². The minimum absolute atomic E-state index is 0.0516. The zero-order valence-electron chi connectivity index (χ0n) is 15.0. The molecule has 2 aromatic rings. The van der Waals surface area contributed by atoms with E-state index in [-0.39, 0.29) is 30.3 Å². The van der Waals surface area contributed by atoms with Crippen LogP contribution in [0.15, 0.2) is 42.5 Å². The molecule has 1 aliphatic rings. The molecule has 1 amide bonds. The first-order valence-electron chi connectivity index (χ1n) is 8.64. The van der Waals surface area contributed by atoms with Crippen LogP contribution in [0.3, 0.4) is 0 Å². The Hall–Kier alpha value is -2.95. The largest absolute Gasteiger partial charge is 0.490 e. The van der Waals surface area contributed by atoms with Crippen LogP contribution in [0.5, 0.6) is 5.75 Å². The summed E-state index contributed by atoms with van der Waals surface area (Å²) in [6, 6.07) is 12.4. The third-order valence-corrected chi connectivity index (χ3v) is 4.47. The van der Waals surface area contributed by atoms with E-state index < -0.39 is 0 Å². The molecule has 1 aliphatic heterocycles. The molecule has 5 nitrogen and oxygen atoms in total. The van der Waals surface area contributed by atoms with Gasteiger partial charge in [0.2, 0.25) is 5.91 Å². The number of Topliss-reactive ketones (excluding diaryl/α,β-unsaturated/α-hetero) is 2. The van der Waals surface area contributed by atoms with Crippen molar-refractivity contribution in [2.45, 2.75) is 26.7 Å². The second-order valence-electron chi connectivity index (χ2n) is 6.42. The van der Waals surface area contributed by atoms with Crippen molar-refractivity contribution in [3.05, 3.63) is 59.2 Å². The third-order valence-electron chi connectivity index (χ3n) is 4.47. The maximum Gasteiger partial charge on any atom is 0.227 e. The zero-order chi connectivity index (χ0) is 18.7. The van der Waals surface area contributed by atoms with Crippen LogP contribution in [0.25, 0.3) is 0 Å². The quantitative estimate of drug-likeness (QED) is 0.772. The van der Waals surface area contributed by atoms with Gasteiger partial charge in [0, 0.05) is 24.0 Å². The molecule has 134 valence electrons. The van der Waals surface area contributed by atoms with E-state index in [4.69, 9.17) is 4.74 Å². The first-order valence-corrected chi connectivity index (χ1v) is 8.64. The van der Waals surface area contributed by atoms with Gasteiger partial charge >= 0.3 is 0 Å². The zero-order valence-corrected chi connectivity index (χ0v) is 15.0. The molecule has 0 saturated carbocycles. The highest BCUT2D eigenvalue weighted by molar-refractivity contribution is 6.02. The monoisotopic (exact) mass is 351 g/mol. The minimum Gasteiger partial charge on any atom is -0.490 e. The summed E-state index contributed by atoms with van der Waals surface area (Å²) < 4.78 is 5.57. The lowest BCUT2D eigenvalue weighted by Crippen LogP contribution is -2.38. The van der Waals surface area contributed by atoms with Gasteiger partial charge in [-0.25, -0.2) is 0 Å². The van der Waals surface area contributed by atoms with Crippen molar-refractivity contribution in [3.8, 4) is 5.75 Å². The van der Waals surface area contributed by atoms with Gasteiger partial charge in [0.1, 0.15) is 12.4 Å². The number of nitrogens with zero attached hydrogens (tertiary/aromatic N) is 1. The van der Waals surface area contributed by atoms with Gasteiger partial charge in [-0.15, -0.1) is 0 Å². The highest BCUT2D eigenvalue weighted by atomic mass is 16.5. The summed E-state index contributed by atoms with van der Waals surface area (Å²) in [4.78, 5) is 38.2. The van der Waals surface area contributed by atoms with E-state index in [9.17, 15) is 14.4 Å². The van der Waals surface area contributed by atoms with Gasteiger partial charge in [0.05, 0.1) is 12.2 Å². The molecule has 0 radical (unpaired) electrons. The number of carbonyl (C=O) groups excluding carboxylic acids is 3. The van der Waals surface area contributed by atoms with Crippen LogP contribution in [0.4, 0.5) is 5.69 Å². The van der Waals surface area contributed by atoms with E-state index in [2.05, 4.69) is 0 Å². The standard InChI is InChI=1S/C21H21NO4/c1-14-3-5-16(6-4-14)19(24)8-10-21(25)22-11-12-26-20-9-7-17(15(2)23)13-18(20)22/h3-7,9,13H,8,10-12H2,1-2H3. The van der Waals surface area contributed by atoms with Gasteiger partial charge in [-0.3, -0.25) is 14.4 Å². The molecular formula is C21H21NO4. The van der Waals surface area contributed by atoms with Gasteiger partial charge in [-0.1, -0.05) is 29.8 Å². The molecular weight excluding hydrogens is 330 g/mol. The number of ketones is 2. The molecule has 0 fully saturated rings. The van der Waals surface area contributed by atoms with Crippen LogP contribution in [0.1, 0.15) is 46.0 Å². The maximum absolute atomic E-state index is 12.7. The van der Waals surface area contributed by atoms with Crippen molar-refractivity contribution >= 4 is 23.2 Å². The topological polar surface area (TPSA) is 63.7 Å². The van der Waals surface area contributed by atoms with Gasteiger partial charge in [0.25, 0.3) is 0 Å². The number of amides is 1. The van der Waals surface area contributed by atoms with Crippen LogP contribution in [-0.4, -0.2) is 30.6 Å². The lowest BCUT2D eigenvalue weighted by atomic mass is 10.0. The van der Waals surface area contributed by atoms with E-state index in [1.165, 1.54) is 6.92 Å². The fourth-order valence-electron chi connectivity index (χ4n) is 2.93. The molecule has 0 saturated heterocycles. The van der Waals surface area contributed by atoms with Crippen molar-refractivity contribution in [2.24, 2.45) is 0 Å². The summed E-state index contributed by atoms with van der Waals surface area (Å²) in [5.74, 6) is 0.319. The van der Waals surface area contributed by atoms with Crippen LogP contribution < -0.4 is 9.64 Å². The number of aryl methyl sites for hydroxylation is 1. The molecule has 1 heterocycles. The second kappa shape index (κ2) is 7.52. The van der Waals surface area contributed by atoms with Crippen molar-refractivity contribution in [3.63, 3.8) is 0 Å².